The van der Waals surface area contributed by atoms with E-state index < -0.39 is 12.2 Å². The van der Waals surface area contributed by atoms with Gasteiger partial charge in [-0.25, -0.2) is 4.79 Å². The predicted octanol–water partition coefficient (Wildman–Crippen LogP) is 4.12. The molecule has 1 atom stereocenters. The van der Waals surface area contributed by atoms with Crippen LogP contribution in [0, 0.1) is 0 Å². The second kappa shape index (κ2) is 7.26. The first-order valence-corrected chi connectivity index (χ1v) is 6.53. The molecule has 2 rings (SSSR count). The summed E-state index contributed by atoms with van der Waals surface area (Å²) >= 11 is 0. The Labute approximate surface area is 124 Å². The smallest absolute Gasteiger partial charge is 0.438 e. The molecule has 0 aromatic heterocycles. The molecule has 4 nitrogen and oxygen atoms in total. The van der Waals surface area contributed by atoms with Crippen LogP contribution >= 0.6 is 0 Å². The molecule has 21 heavy (non-hydrogen) atoms. The van der Waals surface area contributed by atoms with Gasteiger partial charge in [-0.1, -0.05) is 54.6 Å². The number of ether oxygens (including phenoxy) is 1. The standard InChI is InChI=1S/C17H17NO3/c1-3-16(14-10-6-4-7-11-14)21-18(17(19)20-2)15-12-8-5-9-13-15/h3-13,16H,1H2,2H3/t16-/m1/s1. The summed E-state index contributed by atoms with van der Waals surface area (Å²) in [6, 6.07) is 18.6. The van der Waals surface area contributed by atoms with E-state index in [-0.39, 0.29) is 0 Å². The second-order valence-corrected chi connectivity index (χ2v) is 4.27. The van der Waals surface area contributed by atoms with Crippen LogP contribution in [0.25, 0.3) is 0 Å². The van der Waals surface area contributed by atoms with Crippen molar-refractivity contribution in [3.63, 3.8) is 0 Å². The van der Waals surface area contributed by atoms with Crippen LogP contribution in [0.15, 0.2) is 73.3 Å². The van der Waals surface area contributed by atoms with Crippen LogP contribution in [0.4, 0.5) is 10.5 Å². The molecule has 0 aliphatic carbocycles. The van der Waals surface area contributed by atoms with Crippen molar-refractivity contribution in [2.24, 2.45) is 0 Å². The van der Waals surface area contributed by atoms with E-state index in [1.165, 1.54) is 7.11 Å². The fourth-order valence-electron chi connectivity index (χ4n) is 1.85. The maximum Gasteiger partial charge on any atom is 0.438 e. The lowest BCUT2D eigenvalue weighted by atomic mass is 10.1. The zero-order chi connectivity index (χ0) is 15.1. The number of hydrogen-bond donors (Lipinski definition) is 0. The van der Waals surface area contributed by atoms with Crippen molar-refractivity contribution in [3.8, 4) is 0 Å². The zero-order valence-electron chi connectivity index (χ0n) is 11.8. The van der Waals surface area contributed by atoms with Gasteiger partial charge in [-0.2, -0.15) is 5.06 Å². The largest absolute Gasteiger partial charge is 0.451 e. The predicted molar refractivity (Wildman–Crippen MR) is 81.8 cm³/mol. The van der Waals surface area contributed by atoms with Crippen molar-refractivity contribution in [2.45, 2.75) is 6.10 Å². The van der Waals surface area contributed by atoms with E-state index in [0.717, 1.165) is 10.6 Å². The van der Waals surface area contributed by atoms with Gasteiger partial charge in [0, 0.05) is 0 Å². The number of hydrogen-bond acceptors (Lipinski definition) is 3. The van der Waals surface area contributed by atoms with Gasteiger partial charge in [0.1, 0.15) is 6.10 Å². The normalized spacial score (nSPS) is 11.5. The van der Waals surface area contributed by atoms with Crippen LogP contribution in [0.5, 0.6) is 0 Å². The Morgan fingerprint density at radius 1 is 1.10 bits per heavy atom. The number of carbonyl (C=O) groups excluding carboxylic acids is 1. The van der Waals surface area contributed by atoms with E-state index in [9.17, 15) is 4.79 Å². The second-order valence-electron chi connectivity index (χ2n) is 4.27. The van der Waals surface area contributed by atoms with Crippen molar-refractivity contribution >= 4 is 11.8 Å². The summed E-state index contributed by atoms with van der Waals surface area (Å²) in [6.45, 7) is 3.77. The lowest BCUT2D eigenvalue weighted by Crippen LogP contribution is -2.32. The Balaban J connectivity index is 2.26. The summed E-state index contributed by atoms with van der Waals surface area (Å²) in [4.78, 5) is 17.7. The van der Waals surface area contributed by atoms with Crippen molar-refractivity contribution < 1.29 is 14.4 Å². The van der Waals surface area contributed by atoms with Crippen LogP contribution < -0.4 is 5.06 Å². The van der Waals surface area contributed by atoms with E-state index >= 15 is 0 Å². The molecule has 2 aromatic carbocycles. The highest BCUT2D eigenvalue weighted by Crippen LogP contribution is 2.24. The van der Waals surface area contributed by atoms with Gasteiger partial charge in [-0.05, 0) is 17.7 Å². The Kier molecular flexibility index (Phi) is 5.12. The number of para-hydroxylation sites is 1. The molecule has 0 heterocycles. The number of nitrogens with zero attached hydrogens (tertiary/aromatic N) is 1. The molecular formula is C17H17NO3. The molecule has 0 radical (unpaired) electrons. The third-order valence-corrected chi connectivity index (χ3v) is 2.89. The minimum Gasteiger partial charge on any atom is -0.451 e. The first kappa shape index (κ1) is 14.8. The van der Waals surface area contributed by atoms with Gasteiger partial charge in [-0.15, -0.1) is 6.58 Å². The lowest BCUT2D eigenvalue weighted by Gasteiger charge is -2.24. The van der Waals surface area contributed by atoms with Crippen molar-refractivity contribution in [3.05, 3.63) is 78.9 Å². The molecular weight excluding hydrogens is 266 g/mol. The monoisotopic (exact) mass is 283 g/mol. The summed E-state index contributed by atoms with van der Waals surface area (Å²) in [5.41, 5.74) is 1.49. The average Bonchev–Trinajstić information content (AvgIpc) is 2.57. The van der Waals surface area contributed by atoms with Crippen LogP contribution in [-0.4, -0.2) is 13.2 Å². The van der Waals surface area contributed by atoms with Crippen LogP contribution in [-0.2, 0) is 9.57 Å². The number of methoxy groups -OCH3 is 1. The number of benzene rings is 2. The molecule has 4 heteroatoms. The maximum atomic E-state index is 11.9. The summed E-state index contributed by atoms with van der Waals surface area (Å²) in [5, 5.41) is 1.12. The van der Waals surface area contributed by atoms with Gasteiger partial charge < -0.3 is 4.74 Å². The van der Waals surface area contributed by atoms with Crippen molar-refractivity contribution in [1.29, 1.82) is 0 Å². The molecule has 0 spiro atoms. The fraction of sp³-hybridized carbons (Fsp3) is 0.118. The first-order valence-electron chi connectivity index (χ1n) is 6.53. The number of amides is 1. The van der Waals surface area contributed by atoms with Crippen LogP contribution in [0.3, 0.4) is 0 Å². The SMILES string of the molecule is C=C[C@@H](ON(C(=O)OC)c1ccccc1)c1ccccc1. The quantitative estimate of drug-likeness (QED) is 0.612. The molecule has 0 bridgehead atoms. The van der Waals surface area contributed by atoms with Gasteiger partial charge in [0.15, 0.2) is 0 Å². The number of anilines is 1. The molecule has 0 N–H and O–H groups in total. The molecule has 0 fully saturated rings. The molecule has 0 unspecified atom stereocenters. The van der Waals surface area contributed by atoms with Gasteiger partial charge in [0.05, 0.1) is 12.8 Å². The summed E-state index contributed by atoms with van der Waals surface area (Å²) < 4.78 is 4.78. The topological polar surface area (TPSA) is 38.8 Å². The molecule has 0 saturated carbocycles. The van der Waals surface area contributed by atoms with E-state index in [1.807, 2.05) is 48.5 Å². The maximum absolute atomic E-state index is 11.9. The van der Waals surface area contributed by atoms with E-state index in [4.69, 9.17) is 9.57 Å². The highest BCUT2D eigenvalue weighted by molar-refractivity contribution is 5.85. The van der Waals surface area contributed by atoms with Crippen LogP contribution in [0.2, 0.25) is 0 Å². The van der Waals surface area contributed by atoms with Gasteiger partial charge >= 0.3 is 6.09 Å². The van der Waals surface area contributed by atoms with E-state index in [2.05, 4.69) is 6.58 Å². The first-order chi connectivity index (χ1) is 10.3. The third kappa shape index (κ3) is 3.70. The Morgan fingerprint density at radius 3 is 2.19 bits per heavy atom. The molecule has 2 aromatic rings. The van der Waals surface area contributed by atoms with Crippen molar-refractivity contribution in [1.82, 2.24) is 0 Å². The number of hydroxylamine groups is 1. The molecule has 0 aliphatic rings. The minimum absolute atomic E-state index is 0.453. The summed E-state index contributed by atoms with van der Waals surface area (Å²) in [7, 11) is 1.31. The highest BCUT2D eigenvalue weighted by atomic mass is 16.7. The molecule has 1 amide bonds. The molecule has 0 saturated heterocycles. The molecule has 108 valence electrons. The zero-order valence-corrected chi connectivity index (χ0v) is 11.8. The van der Waals surface area contributed by atoms with E-state index in [1.54, 1.807) is 18.2 Å². The van der Waals surface area contributed by atoms with Gasteiger partial charge in [0.2, 0.25) is 0 Å². The Morgan fingerprint density at radius 2 is 1.67 bits per heavy atom. The average molecular weight is 283 g/mol. The summed E-state index contributed by atoms with van der Waals surface area (Å²) in [5.74, 6) is 0. The minimum atomic E-state index is -0.594. The Bertz CT molecular complexity index is 583. The van der Waals surface area contributed by atoms with Crippen molar-refractivity contribution in [2.75, 3.05) is 12.2 Å². The number of rotatable bonds is 5. The van der Waals surface area contributed by atoms with E-state index in [0.29, 0.717) is 5.69 Å². The van der Waals surface area contributed by atoms with Crippen LogP contribution in [0.1, 0.15) is 11.7 Å². The molecule has 0 aliphatic heterocycles. The third-order valence-electron chi connectivity index (χ3n) is 2.89. The van der Waals surface area contributed by atoms with Gasteiger partial charge in [-0.3, -0.25) is 4.84 Å². The number of carbonyl (C=O) groups is 1. The summed E-state index contributed by atoms with van der Waals surface area (Å²) in [6.07, 6.45) is 0.586. The lowest BCUT2D eigenvalue weighted by molar-refractivity contribution is 0.0529. The fourth-order valence-corrected chi connectivity index (χ4v) is 1.85. The Hall–Kier alpha value is -2.59. The highest BCUT2D eigenvalue weighted by Gasteiger charge is 2.21. The van der Waals surface area contributed by atoms with Gasteiger partial charge in [0.25, 0.3) is 0 Å².